The molecule has 1 heterocycles. The number of carbonyl (C=O) groups excluding carboxylic acids is 2. The van der Waals surface area contributed by atoms with Gasteiger partial charge in [-0.25, -0.2) is 4.98 Å². The maximum atomic E-state index is 12.4. The number of amides is 1. The Labute approximate surface area is 158 Å². The quantitative estimate of drug-likeness (QED) is 0.671. The van der Waals surface area contributed by atoms with E-state index in [1.807, 2.05) is 36.2 Å². The molecule has 2 aromatic carbocycles. The molecule has 0 aliphatic heterocycles. The third kappa shape index (κ3) is 4.79. The van der Waals surface area contributed by atoms with Gasteiger partial charge in [-0.05, 0) is 48.9 Å². The zero-order valence-electron chi connectivity index (χ0n) is 15.3. The molecule has 0 radical (unpaired) electrons. The molecule has 3 rings (SSSR count). The van der Waals surface area contributed by atoms with Gasteiger partial charge >= 0.3 is 0 Å². The van der Waals surface area contributed by atoms with Crippen LogP contribution in [0.4, 0.5) is 11.5 Å². The number of hydrogen-bond acceptors (Lipinski definition) is 4. The minimum Gasteiger partial charge on any atom is -0.355 e. The molecule has 0 bridgehead atoms. The van der Waals surface area contributed by atoms with Gasteiger partial charge in [-0.1, -0.05) is 30.3 Å². The molecule has 5 heteroatoms. The zero-order valence-corrected chi connectivity index (χ0v) is 15.3. The average molecular weight is 359 g/mol. The number of pyridine rings is 1. The number of hydrogen-bond donors (Lipinski definition) is 1. The molecule has 0 atom stereocenters. The van der Waals surface area contributed by atoms with Crippen molar-refractivity contribution >= 4 is 23.2 Å². The van der Waals surface area contributed by atoms with E-state index in [2.05, 4.69) is 22.4 Å². The highest BCUT2D eigenvalue weighted by atomic mass is 16.1. The fourth-order valence-corrected chi connectivity index (χ4v) is 2.68. The largest absolute Gasteiger partial charge is 0.355 e. The summed E-state index contributed by atoms with van der Waals surface area (Å²) in [7, 11) is 1.96. The molecule has 0 aliphatic carbocycles. The van der Waals surface area contributed by atoms with Gasteiger partial charge in [-0.15, -0.1) is 0 Å². The fraction of sp³-hybridized carbons (Fsp3) is 0.136. The van der Waals surface area contributed by atoms with Crippen LogP contribution in [-0.2, 0) is 6.54 Å². The van der Waals surface area contributed by atoms with E-state index >= 15 is 0 Å². The maximum Gasteiger partial charge on any atom is 0.257 e. The highest BCUT2D eigenvalue weighted by Crippen LogP contribution is 2.15. The lowest BCUT2D eigenvalue weighted by Crippen LogP contribution is -2.18. The molecule has 27 heavy (non-hydrogen) atoms. The average Bonchev–Trinajstić information content (AvgIpc) is 2.69. The third-order valence-corrected chi connectivity index (χ3v) is 4.21. The molecular formula is C22H21N3O2. The molecule has 0 saturated carbocycles. The molecule has 5 nitrogen and oxygen atoms in total. The Morgan fingerprint density at radius 1 is 0.926 bits per heavy atom. The second-order valence-corrected chi connectivity index (χ2v) is 6.33. The van der Waals surface area contributed by atoms with E-state index in [0.29, 0.717) is 16.8 Å². The molecule has 3 aromatic rings. The number of nitrogens with zero attached hydrogens (tertiary/aromatic N) is 2. The first-order valence-electron chi connectivity index (χ1n) is 8.66. The summed E-state index contributed by atoms with van der Waals surface area (Å²) in [5, 5.41) is 2.81. The van der Waals surface area contributed by atoms with Crippen LogP contribution < -0.4 is 10.2 Å². The summed E-state index contributed by atoms with van der Waals surface area (Å²) in [4.78, 5) is 30.1. The van der Waals surface area contributed by atoms with E-state index in [4.69, 9.17) is 0 Å². The van der Waals surface area contributed by atoms with Crippen molar-refractivity contribution in [3.63, 3.8) is 0 Å². The van der Waals surface area contributed by atoms with E-state index in [9.17, 15) is 9.59 Å². The molecule has 1 aromatic heterocycles. The molecule has 136 valence electrons. The normalized spacial score (nSPS) is 10.3. The molecule has 1 amide bonds. The second-order valence-electron chi connectivity index (χ2n) is 6.33. The van der Waals surface area contributed by atoms with Crippen molar-refractivity contribution in [2.24, 2.45) is 0 Å². The van der Waals surface area contributed by atoms with Gasteiger partial charge in [0.1, 0.15) is 5.82 Å². The first-order chi connectivity index (χ1) is 13.0. The summed E-state index contributed by atoms with van der Waals surface area (Å²) in [5.41, 5.74) is 2.91. The van der Waals surface area contributed by atoms with E-state index in [1.54, 1.807) is 36.5 Å². The van der Waals surface area contributed by atoms with Crippen LogP contribution in [0.2, 0.25) is 0 Å². The number of nitrogens with one attached hydrogen (secondary N) is 1. The molecule has 0 aliphatic rings. The van der Waals surface area contributed by atoms with Gasteiger partial charge in [0, 0.05) is 31.0 Å². The van der Waals surface area contributed by atoms with Crippen LogP contribution in [0.3, 0.4) is 0 Å². The van der Waals surface area contributed by atoms with Crippen molar-refractivity contribution in [3.8, 4) is 0 Å². The van der Waals surface area contributed by atoms with Crippen LogP contribution in [0.1, 0.15) is 33.2 Å². The SMILES string of the molecule is CC(=O)c1ccc(NC(=O)c2ccc(N(C)Cc3ccccc3)nc2)cc1. The molecule has 1 N–H and O–H groups in total. The Morgan fingerprint density at radius 2 is 1.59 bits per heavy atom. The van der Waals surface area contributed by atoms with Crippen molar-refractivity contribution in [1.82, 2.24) is 4.98 Å². The second kappa shape index (κ2) is 8.27. The van der Waals surface area contributed by atoms with Crippen molar-refractivity contribution in [3.05, 3.63) is 89.6 Å². The standard InChI is InChI=1S/C22H21N3O2/c1-16(26)18-8-11-20(12-9-18)24-22(27)19-10-13-21(23-14-19)25(2)15-17-6-4-3-5-7-17/h3-14H,15H2,1-2H3,(H,24,27). The van der Waals surface area contributed by atoms with Gasteiger partial charge < -0.3 is 10.2 Å². The highest BCUT2D eigenvalue weighted by Gasteiger charge is 2.09. The smallest absolute Gasteiger partial charge is 0.257 e. The summed E-state index contributed by atoms with van der Waals surface area (Å²) < 4.78 is 0. The predicted octanol–water partition coefficient (Wildman–Crippen LogP) is 4.17. The Kier molecular flexibility index (Phi) is 5.61. The Bertz CT molecular complexity index is 920. The summed E-state index contributed by atoms with van der Waals surface area (Å²) in [6.07, 6.45) is 1.57. The Hall–Kier alpha value is -3.47. The van der Waals surface area contributed by atoms with Crippen LogP contribution in [0.5, 0.6) is 0 Å². The number of aromatic nitrogens is 1. The van der Waals surface area contributed by atoms with Crippen molar-refractivity contribution in [1.29, 1.82) is 0 Å². The van der Waals surface area contributed by atoms with Crippen LogP contribution in [0, 0.1) is 0 Å². The van der Waals surface area contributed by atoms with Gasteiger partial charge in [0.2, 0.25) is 0 Å². The predicted molar refractivity (Wildman–Crippen MR) is 107 cm³/mol. The van der Waals surface area contributed by atoms with Crippen LogP contribution in [-0.4, -0.2) is 23.7 Å². The molecule has 0 saturated heterocycles. The maximum absolute atomic E-state index is 12.4. The van der Waals surface area contributed by atoms with Crippen LogP contribution in [0.15, 0.2) is 72.9 Å². The number of ketones is 1. The lowest BCUT2D eigenvalue weighted by atomic mass is 10.1. The van der Waals surface area contributed by atoms with Gasteiger partial charge in [0.05, 0.1) is 5.56 Å². The minimum absolute atomic E-state index is 0.00714. The number of benzene rings is 2. The van der Waals surface area contributed by atoms with E-state index < -0.39 is 0 Å². The van der Waals surface area contributed by atoms with E-state index in [1.165, 1.54) is 12.5 Å². The zero-order chi connectivity index (χ0) is 19.2. The highest BCUT2D eigenvalue weighted by molar-refractivity contribution is 6.04. The molecular weight excluding hydrogens is 338 g/mol. The lowest BCUT2D eigenvalue weighted by molar-refractivity contribution is 0.101. The van der Waals surface area contributed by atoms with Gasteiger partial charge in [-0.3, -0.25) is 9.59 Å². The number of rotatable bonds is 6. The third-order valence-electron chi connectivity index (χ3n) is 4.21. The van der Waals surface area contributed by atoms with Crippen LogP contribution in [0.25, 0.3) is 0 Å². The number of Topliss-reactive ketones (excluding diaryl/α,β-unsaturated/α-hetero) is 1. The molecule has 0 spiro atoms. The first kappa shape index (κ1) is 18.3. The van der Waals surface area contributed by atoms with E-state index in [0.717, 1.165) is 12.4 Å². The monoisotopic (exact) mass is 359 g/mol. The van der Waals surface area contributed by atoms with Gasteiger partial charge in [0.15, 0.2) is 5.78 Å². The summed E-state index contributed by atoms with van der Waals surface area (Å²) in [5.74, 6) is 0.545. The molecule has 0 unspecified atom stereocenters. The van der Waals surface area contributed by atoms with Crippen molar-refractivity contribution in [2.45, 2.75) is 13.5 Å². The van der Waals surface area contributed by atoms with Crippen molar-refractivity contribution < 1.29 is 9.59 Å². The van der Waals surface area contributed by atoms with Crippen LogP contribution >= 0.6 is 0 Å². The Morgan fingerprint density at radius 3 is 2.19 bits per heavy atom. The first-order valence-corrected chi connectivity index (χ1v) is 8.66. The summed E-state index contributed by atoms with van der Waals surface area (Å²) in [6.45, 7) is 2.25. The van der Waals surface area contributed by atoms with Crippen molar-refractivity contribution in [2.75, 3.05) is 17.3 Å². The topological polar surface area (TPSA) is 62.3 Å². The minimum atomic E-state index is -0.240. The van der Waals surface area contributed by atoms with Gasteiger partial charge in [-0.2, -0.15) is 0 Å². The molecule has 0 fully saturated rings. The summed E-state index contributed by atoms with van der Waals surface area (Å²) in [6, 6.07) is 20.5. The number of anilines is 2. The van der Waals surface area contributed by atoms with Gasteiger partial charge in [0.25, 0.3) is 5.91 Å². The number of carbonyl (C=O) groups is 2. The summed E-state index contributed by atoms with van der Waals surface area (Å²) >= 11 is 0. The fourth-order valence-electron chi connectivity index (χ4n) is 2.68. The Balaban J connectivity index is 1.63. The lowest BCUT2D eigenvalue weighted by Gasteiger charge is -2.18. The van der Waals surface area contributed by atoms with E-state index in [-0.39, 0.29) is 11.7 Å².